The zero-order valence-electron chi connectivity index (χ0n) is 13.0. The van der Waals surface area contributed by atoms with Crippen molar-refractivity contribution in [2.75, 3.05) is 6.54 Å². The molecule has 0 saturated heterocycles. The topological polar surface area (TPSA) is 46.3 Å². The number of carbonyl (C=O) groups excluding carboxylic acids is 1. The molecular formula is C16H32N2O. The Morgan fingerprint density at radius 3 is 2.63 bits per heavy atom. The largest absolute Gasteiger partial charge is 0.340 e. The summed E-state index contributed by atoms with van der Waals surface area (Å²) in [7, 11) is 0. The van der Waals surface area contributed by atoms with E-state index in [1.165, 1.54) is 25.7 Å². The molecule has 1 fully saturated rings. The molecule has 0 aromatic rings. The van der Waals surface area contributed by atoms with E-state index in [9.17, 15) is 4.79 Å². The molecule has 1 aliphatic rings. The second-order valence-electron chi connectivity index (χ2n) is 6.38. The van der Waals surface area contributed by atoms with Gasteiger partial charge in [-0.25, -0.2) is 0 Å². The standard InChI is InChI=1S/C16H32N2O/c1-4-5-6-10-18(13(2)3)16(19)12-14-8-7-9-15(17)11-14/h13-15H,4-12,17H2,1-3H3. The van der Waals surface area contributed by atoms with Crippen LogP contribution in [0.25, 0.3) is 0 Å². The van der Waals surface area contributed by atoms with Crippen LogP contribution in [0.15, 0.2) is 0 Å². The van der Waals surface area contributed by atoms with Crippen LogP contribution in [0, 0.1) is 5.92 Å². The Hall–Kier alpha value is -0.570. The highest BCUT2D eigenvalue weighted by Crippen LogP contribution is 2.26. The van der Waals surface area contributed by atoms with Gasteiger partial charge in [0.1, 0.15) is 0 Å². The maximum atomic E-state index is 12.4. The summed E-state index contributed by atoms with van der Waals surface area (Å²) in [6.07, 6.45) is 8.80. The first-order valence-electron chi connectivity index (χ1n) is 8.09. The van der Waals surface area contributed by atoms with Crippen molar-refractivity contribution in [3.8, 4) is 0 Å². The van der Waals surface area contributed by atoms with E-state index in [1.807, 2.05) is 0 Å². The zero-order valence-corrected chi connectivity index (χ0v) is 13.0. The Kier molecular flexibility index (Phi) is 7.44. The molecule has 0 bridgehead atoms. The van der Waals surface area contributed by atoms with Crippen LogP contribution < -0.4 is 5.73 Å². The van der Waals surface area contributed by atoms with Crippen LogP contribution in [-0.2, 0) is 4.79 Å². The predicted molar refractivity (Wildman–Crippen MR) is 80.9 cm³/mol. The molecule has 0 aromatic carbocycles. The lowest BCUT2D eigenvalue weighted by atomic mass is 9.84. The van der Waals surface area contributed by atoms with E-state index in [0.29, 0.717) is 30.3 Å². The minimum Gasteiger partial charge on any atom is -0.340 e. The van der Waals surface area contributed by atoms with Gasteiger partial charge in [-0.05, 0) is 45.4 Å². The van der Waals surface area contributed by atoms with E-state index in [1.54, 1.807) is 0 Å². The predicted octanol–water partition coefficient (Wildman–Crippen LogP) is 3.32. The van der Waals surface area contributed by atoms with E-state index in [2.05, 4.69) is 25.7 Å². The molecule has 2 atom stereocenters. The van der Waals surface area contributed by atoms with Crippen molar-refractivity contribution in [3.05, 3.63) is 0 Å². The number of hydrogen-bond acceptors (Lipinski definition) is 2. The number of hydrogen-bond donors (Lipinski definition) is 1. The van der Waals surface area contributed by atoms with E-state index >= 15 is 0 Å². The normalized spacial score (nSPS) is 23.6. The molecule has 1 saturated carbocycles. The number of rotatable bonds is 7. The highest BCUT2D eigenvalue weighted by molar-refractivity contribution is 5.76. The Balaban J connectivity index is 2.42. The maximum Gasteiger partial charge on any atom is 0.223 e. The number of nitrogens with two attached hydrogens (primary N) is 1. The van der Waals surface area contributed by atoms with Gasteiger partial charge in [-0.2, -0.15) is 0 Å². The molecule has 0 aromatic heterocycles. The minimum atomic E-state index is 0.319. The molecule has 0 aliphatic heterocycles. The molecule has 1 aliphatic carbocycles. The summed E-state index contributed by atoms with van der Waals surface area (Å²) in [5.74, 6) is 0.855. The quantitative estimate of drug-likeness (QED) is 0.720. The first kappa shape index (κ1) is 16.5. The lowest BCUT2D eigenvalue weighted by molar-refractivity contribution is -0.134. The molecular weight excluding hydrogens is 236 g/mol. The van der Waals surface area contributed by atoms with Gasteiger partial charge in [0.25, 0.3) is 0 Å². The highest BCUT2D eigenvalue weighted by atomic mass is 16.2. The summed E-state index contributed by atoms with van der Waals surface area (Å²) in [4.78, 5) is 14.5. The molecule has 0 radical (unpaired) electrons. The Bertz CT molecular complexity index is 265. The number of nitrogens with zero attached hydrogens (tertiary/aromatic N) is 1. The van der Waals surface area contributed by atoms with Crippen LogP contribution in [0.2, 0.25) is 0 Å². The summed E-state index contributed by atoms with van der Waals surface area (Å²) in [5.41, 5.74) is 6.01. The van der Waals surface area contributed by atoms with Gasteiger partial charge in [0, 0.05) is 25.0 Å². The SMILES string of the molecule is CCCCCN(C(=O)CC1CCCC(N)C1)C(C)C. The molecule has 0 heterocycles. The minimum absolute atomic E-state index is 0.319. The third-order valence-corrected chi connectivity index (χ3v) is 4.23. The Morgan fingerprint density at radius 1 is 1.32 bits per heavy atom. The van der Waals surface area contributed by atoms with Gasteiger partial charge >= 0.3 is 0 Å². The van der Waals surface area contributed by atoms with Crippen molar-refractivity contribution in [1.29, 1.82) is 0 Å². The van der Waals surface area contributed by atoms with Crippen LogP contribution in [0.4, 0.5) is 0 Å². The number of carbonyl (C=O) groups is 1. The third-order valence-electron chi connectivity index (χ3n) is 4.23. The van der Waals surface area contributed by atoms with Crippen molar-refractivity contribution in [2.24, 2.45) is 11.7 Å². The van der Waals surface area contributed by atoms with Gasteiger partial charge < -0.3 is 10.6 Å². The fourth-order valence-corrected chi connectivity index (χ4v) is 3.09. The van der Waals surface area contributed by atoms with Crippen LogP contribution >= 0.6 is 0 Å². The summed E-state index contributed by atoms with van der Waals surface area (Å²) >= 11 is 0. The average Bonchev–Trinajstić information content (AvgIpc) is 2.34. The van der Waals surface area contributed by atoms with Gasteiger partial charge in [-0.3, -0.25) is 4.79 Å². The van der Waals surface area contributed by atoms with E-state index in [0.717, 1.165) is 25.8 Å². The smallest absolute Gasteiger partial charge is 0.223 e. The molecule has 1 amide bonds. The van der Waals surface area contributed by atoms with Gasteiger partial charge in [0.05, 0.1) is 0 Å². The Morgan fingerprint density at radius 2 is 2.05 bits per heavy atom. The van der Waals surface area contributed by atoms with Gasteiger partial charge in [-0.15, -0.1) is 0 Å². The second kappa shape index (κ2) is 8.57. The van der Waals surface area contributed by atoms with Crippen LogP contribution in [0.3, 0.4) is 0 Å². The molecule has 2 N–H and O–H groups in total. The average molecular weight is 268 g/mol. The van der Waals surface area contributed by atoms with Crippen molar-refractivity contribution in [1.82, 2.24) is 4.90 Å². The van der Waals surface area contributed by atoms with Crippen LogP contribution in [0.5, 0.6) is 0 Å². The van der Waals surface area contributed by atoms with Crippen LogP contribution in [-0.4, -0.2) is 29.4 Å². The summed E-state index contributed by atoms with van der Waals surface area (Å²) in [6.45, 7) is 7.36. The maximum absolute atomic E-state index is 12.4. The highest BCUT2D eigenvalue weighted by Gasteiger charge is 2.24. The third kappa shape index (κ3) is 5.94. The van der Waals surface area contributed by atoms with E-state index < -0.39 is 0 Å². The lowest BCUT2D eigenvalue weighted by Gasteiger charge is -2.31. The molecule has 1 rings (SSSR count). The van der Waals surface area contributed by atoms with E-state index in [-0.39, 0.29) is 0 Å². The van der Waals surface area contributed by atoms with Gasteiger partial charge in [0.2, 0.25) is 5.91 Å². The number of unbranched alkanes of at least 4 members (excludes halogenated alkanes) is 2. The van der Waals surface area contributed by atoms with Crippen LogP contribution in [0.1, 0.15) is 72.1 Å². The molecule has 3 heteroatoms. The van der Waals surface area contributed by atoms with Gasteiger partial charge in [0.15, 0.2) is 0 Å². The Labute approximate surface area is 118 Å². The van der Waals surface area contributed by atoms with Crippen molar-refractivity contribution < 1.29 is 4.79 Å². The van der Waals surface area contributed by atoms with Crippen molar-refractivity contribution in [2.45, 2.75) is 84.2 Å². The van der Waals surface area contributed by atoms with Crippen molar-refractivity contribution >= 4 is 5.91 Å². The molecule has 3 nitrogen and oxygen atoms in total. The van der Waals surface area contributed by atoms with Crippen molar-refractivity contribution in [3.63, 3.8) is 0 Å². The zero-order chi connectivity index (χ0) is 14.3. The molecule has 19 heavy (non-hydrogen) atoms. The molecule has 112 valence electrons. The molecule has 2 unspecified atom stereocenters. The second-order valence-corrected chi connectivity index (χ2v) is 6.38. The fraction of sp³-hybridized carbons (Fsp3) is 0.938. The lowest BCUT2D eigenvalue weighted by Crippen LogP contribution is -2.39. The summed E-state index contributed by atoms with van der Waals surface area (Å²) < 4.78 is 0. The molecule has 0 spiro atoms. The van der Waals surface area contributed by atoms with E-state index in [4.69, 9.17) is 5.73 Å². The fourth-order valence-electron chi connectivity index (χ4n) is 3.09. The number of amides is 1. The first-order valence-corrected chi connectivity index (χ1v) is 8.09. The summed E-state index contributed by atoms with van der Waals surface area (Å²) in [6, 6.07) is 0.640. The summed E-state index contributed by atoms with van der Waals surface area (Å²) in [5, 5.41) is 0. The van der Waals surface area contributed by atoms with Gasteiger partial charge in [-0.1, -0.05) is 26.2 Å². The first-order chi connectivity index (χ1) is 9.04. The monoisotopic (exact) mass is 268 g/mol.